The molecule has 0 aliphatic carbocycles. The van der Waals surface area contributed by atoms with E-state index in [1.165, 1.54) is 6.42 Å². The molecule has 0 rings (SSSR count). The highest BCUT2D eigenvalue weighted by atomic mass is 16.8. The quantitative estimate of drug-likeness (QED) is 0.130. The highest BCUT2D eigenvalue weighted by molar-refractivity contribution is 5.75. The van der Waals surface area contributed by atoms with Gasteiger partial charge >= 0.3 is 0 Å². The summed E-state index contributed by atoms with van der Waals surface area (Å²) in [6, 6.07) is 0. The SMILES string of the molecule is C.C.C.C.C.C.C.C.CC(C)(C)OCCCCCOC(C)(C)C.CC(C)(C)OCOCOCOC(C)(C)C.[2HH].[2HH].[B]. The zero-order chi connectivity index (χ0) is 23.9. The highest BCUT2D eigenvalue weighted by Crippen LogP contribution is 2.11. The molecule has 0 heterocycles. The molecular formula is C32H88BO6. The third-order valence-corrected chi connectivity index (χ3v) is 3.18. The zero-order valence-corrected chi connectivity index (χ0v) is 22.7. The Bertz CT molecular complexity index is 329. The summed E-state index contributed by atoms with van der Waals surface area (Å²) in [6.07, 6.45) is 3.45. The Hall–Kier alpha value is -0.175. The summed E-state index contributed by atoms with van der Waals surface area (Å²) in [5.41, 5.74) is -0.354. The Kier molecular flexibility index (Phi) is 66.0. The maximum Gasteiger partial charge on any atom is 0.152 e. The molecule has 0 spiro atoms. The molecule has 0 unspecified atom stereocenters. The van der Waals surface area contributed by atoms with Gasteiger partial charge in [-0.3, -0.25) is 0 Å². The molecular weight excluding hydrogens is 491 g/mol. The summed E-state index contributed by atoms with van der Waals surface area (Å²) in [6.45, 7) is 26.8. The molecule has 0 fully saturated rings. The first kappa shape index (κ1) is 71.7. The lowest BCUT2D eigenvalue weighted by molar-refractivity contribution is -0.206. The number of unbranched alkanes of at least 4 members (excludes halogenated alkanes) is 2. The standard InChI is InChI=1S/C13H28O2.C11H24O4.8CH4.B.2H2/c1-12(2,3)14-10-8-7-9-11-15-13(4,5)6;1-10(2,3)14-8-12-7-13-9-15-11(4,5)6;;;;;;;;;;;/h7-11H2,1-6H3;7-9H2,1-6H3;8*1H4;;2*1H/i;;;;;;;;;;;2*1+1. The minimum atomic E-state index is -0.179. The van der Waals surface area contributed by atoms with Crippen molar-refractivity contribution in [3.05, 3.63) is 0 Å². The van der Waals surface area contributed by atoms with E-state index in [1.54, 1.807) is 0 Å². The van der Waals surface area contributed by atoms with Gasteiger partial charge in [0, 0.05) is 24.5 Å². The fraction of sp³-hybridized carbons (Fsp3) is 1.00. The molecule has 0 aliphatic rings. The van der Waals surface area contributed by atoms with Gasteiger partial charge in [0.05, 0.1) is 22.4 Å². The maximum absolute atomic E-state index is 5.64. The third-order valence-electron chi connectivity index (χ3n) is 3.18. The smallest absolute Gasteiger partial charge is 0.152 e. The second-order valence-corrected chi connectivity index (χ2v) is 11.3. The van der Waals surface area contributed by atoms with Crippen LogP contribution in [0.5, 0.6) is 0 Å². The number of hydrogen-bond acceptors (Lipinski definition) is 6. The molecule has 0 aromatic carbocycles. The van der Waals surface area contributed by atoms with Gasteiger partial charge in [-0.25, -0.2) is 0 Å². The second kappa shape index (κ2) is 35.9. The van der Waals surface area contributed by atoms with Crippen LogP contribution in [-0.2, 0) is 28.4 Å². The Morgan fingerprint density at radius 2 is 0.590 bits per heavy atom. The van der Waals surface area contributed by atoms with Crippen LogP contribution < -0.4 is 0 Å². The minimum absolute atomic E-state index is 0. The van der Waals surface area contributed by atoms with Crippen LogP contribution >= 0.6 is 0 Å². The highest BCUT2D eigenvalue weighted by Gasteiger charge is 2.11. The van der Waals surface area contributed by atoms with Crippen LogP contribution in [0.2, 0.25) is 0 Å². The molecule has 0 amide bonds. The topological polar surface area (TPSA) is 55.4 Å². The Labute approximate surface area is 257 Å². The summed E-state index contributed by atoms with van der Waals surface area (Å²) in [7, 11) is 0. The molecule has 39 heavy (non-hydrogen) atoms. The van der Waals surface area contributed by atoms with E-state index in [4.69, 9.17) is 28.4 Å². The minimum Gasteiger partial charge on any atom is -0.376 e. The lowest BCUT2D eigenvalue weighted by Gasteiger charge is -2.20. The summed E-state index contributed by atoms with van der Waals surface area (Å²) in [5.74, 6) is 0. The first-order chi connectivity index (χ1) is 13.4. The van der Waals surface area contributed by atoms with E-state index in [2.05, 4.69) is 41.5 Å². The zero-order valence-electron chi connectivity index (χ0n) is 22.7. The first-order valence-corrected chi connectivity index (χ1v) is 11.1. The molecule has 0 saturated carbocycles. The average molecular weight is 582 g/mol. The first-order valence-electron chi connectivity index (χ1n) is 11.1. The van der Waals surface area contributed by atoms with E-state index in [9.17, 15) is 0 Å². The predicted molar refractivity (Wildman–Crippen MR) is 188 cm³/mol. The van der Waals surface area contributed by atoms with Gasteiger partial charge in [0.25, 0.3) is 0 Å². The van der Waals surface area contributed by atoms with Crippen LogP contribution in [0.3, 0.4) is 0 Å². The summed E-state index contributed by atoms with van der Waals surface area (Å²) < 4.78 is 32.1. The van der Waals surface area contributed by atoms with Gasteiger partial charge in [-0.2, -0.15) is 0 Å². The molecule has 7 heteroatoms. The predicted octanol–water partition coefficient (Wildman–Crippen LogP) is 11.5. The number of rotatable bonds is 12. The van der Waals surface area contributed by atoms with Crippen LogP contribution in [-0.4, -0.2) is 64.4 Å². The molecule has 0 N–H and O–H groups in total. The molecule has 0 aromatic heterocycles. The molecule has 255 valence electrons. The van der Waals surface area contributed by atoms with Gasteiger partial charge in [-0.15, -0.1) is 0 Å². The molecule has 0 aliphatic heterocycles. The third kappa shape index (κ3) is 85.5. The number of hydrogen-bond donors (Lipinski definition) is 0. The van der Waals surface area contributed by atoms with Crippen LogP contribution in [0.1, 0.15) is 165 Å². The Morgan fingerprint density at radius 3 is 0.795 bits per heavy atom. The fourth-order valence-corrected chi connectivity index (χ4v) is 1.70. The lowest BCUT2D eigenvalue weighted by atomic mass is 10.2. The lowest BCUT2D eigenvalue weighted by Crippen LogP contribution is -2.23. The van der Waals surface area contributed by atoms with E-state index >= 15 is 0 Å². The molecule has 3 radical (unpaired) electrons. The van der Waals surface area contributed by atoms with E-state index in [1.807, 2.05) is 41.5 Å². The van der Waals surface area contributed by atoms with E-state index in [-0.39, 0.29) is 113 Å². The van der Waals surface area contributed by atoms with Gasteiger partial charge in [-0.1, -0.05) is 59.4 Å². The van der Waals surface area contributed by atoms with E-state index in [0.717, 1.165) is 26.1 Å². The van der Waals surface area contributed by atoms with Crippen molar-refractivity contribution in [1.82, 2.24) is 0 Å². The van der Waals surface area contributed by atoms with Crippen LogP contribution in [0.15, 0.2) is 0 Å². The van der Waals surface area contributed by atoms with E-state index in [0.29, 0.717) is 0 Å². The van der Waals surface area contributed by atoms with Gasteiger partial charge in [0.1, 0.15) is 13.6 Å². The monoisotopic (exact) mass is 582 g/mol. The summed E-state index contributed by atoms with van der Waals surface area (Å²) in [4.78, 5) is 0. The van der Waals surface area contributed by atoms with E-state index < -0.39 is 0 Å². The fourth-order valence-electron chi connectivity index (χ4n) is 1.70. The molecule has 0 aromatic rings. The molecule has 0 saturated heterocycles. The van der Waals surface area contributed by atoms with Crippen molar-refractivity contribution in [2.75, 3.05) is 33.6 Å². The van der Waals surface area contributed by atoms with Crippen molar-refractivity contribution >= 4 is 8.41 Å². The Balaban J connectivity index is -0.0000000274. The van der Waals surface area contributed by atoms with Crippen molar-refractivity contribution in [3.8, 4) is 0 Å². The van der Waals surface area contributed by atoms with Crippen molar-refractivity contribution < 1.29 is 31.3 Å². The number of ether oxygens (including phenoxy) is 6. The van der Waals surface area contributed by atoms with Gasteiger partial charge in [0.2, 0.25) is 0 Å². The van der Waals surface area contributed by atoms with Crippen molar-refractivity contribution in [1.29, 1.82) is 0 Å². The van der Waals surface area contributed by atoms with Crippen molar-refractivity contribution in [2.45, 2.75) is 184 Å². The molecule has 6 nitrogen and oxygen atoms in total. The van der Waals surface area contributed by atoms with Crippen LogP contribution in [0.4, 0.5) is 0 Å². The van der Waals surface area contributed by atoms with Crippen molar-refractivity contribution in [2.24, 2.45) is 0 Å². The van der Waals surface area contributed by atoms with Gasteiger partial charge in [0.15, 0.2) is 6.79 Å². The van der Waals surface area contributed by atoms with Crippen LogP contribution in [0, 0.1) is 0 Å². The van der Waals surface area contributed by atoms with Gasteiger partial charge < -0.3 is 28.4 Å². The van der Waals surface area contributed by atoms with Gasteiger partial charge in [-0.05, 0) is 102 Å². The average Bonchev–Trinajstić information content (AvgIpc) is 2.49. The van der Waals surface area contributed by atoms with Crippen LogP contribution in [0.25, 0.3) is 0 Å². The van der Waals surface area contributed by atoms with Crippen molar-refractivity contribution in [3.63, 3.8) is 0 Å². The normalized spacial score (nSPS) is 10.2. The second-order valence-electron chi connectivity index (χ2n) is 11.3. The molecule has 0 bridgehead atoms. The molecule has 0 atom stereocenters. The maximum atomic E-state index is 5.64. The Morgan fingerprint density at radius 1 is 0.359 bits per heavy atom. The summed E-state index contributed by atoms with van der Waals surface area (Å²) >= 11 is 0. The summed E-state index contributed by atoms with van der Waals surface area (Å²) in [5, 5.41) is 0. The largest absolute Gasteiger partial charge is 0.376 e.